The maximum absolute atomic E-state index is 12.0. The van der Waals surface area contributed by atoms with Crippen molar-refractivity contribution in [2.45, 2.75) is 57.0 Å². The first-order valence-corrected chi connectivity index (χ1v) is 6.95. The molecular formula is C11H22O2S. The molecule has 0 radical (unpaired) electrons. The van der Waals surface area contributed by atoms with Crippen LogP contribution in [0.15, 0.2) is 12.7 Å². The zero-order chi connectivity index (χ0) is 11.2. The van der Waals surface area contributed by atoms with E-state index in [4.69, 9.17) is 0 Å². The molecule has 84 valence electrons. The van der Waals surface area contributed by atoms with E-state index in [1.54, 1.807) is 13.0 Å². The summed E-state index contributed by atoms with van der Waals surface area (Å²) >= 11 is 0. The minimum Gasteiger partial charge on any atom is -0.228 e. The van der Waals surface area contributed by atoms with Crippen LogP contribution in [0.1, 0.15) is 46.5 Å². The lowest BCUT2D eigenvalue weighted by Gasteiger charge is -2.19. The van der Waals surface area contributed by atoms with Gasteiger partial charge in [-0.1, -0.05) is 26.3 Å². The molecule has 0 rings (SSSR count). The molecule has 2 atom stereocenters. The van der Waals surface area contributed by atoms with E-state index in [9.17, 15) is 8.42 Å². The average Bonchev–Trinajstić information content (AvgIpc) is 2.16. The number of sulfone groups is 1. The highest BCUT2D eigenvalue weighted by molar-refractivity contribution is 7.92. The number of hydrogen-bond acceptors (Lipinski definition) is 2. The monoisotopic (exact) mass is 218 g/mol. The van der Waals surface area contributed by atoms with E-state index in [-0.39, 0.29) is 10.5 Å². The second kappa shape index (κ2) is 6.23. The predicted octanol–water partition coefficient (Wildman–Crippen LogP) is 2.94. The van der Waals surface area contributed by atoms with Crippen molar-refractivity contribution in [3.63, 3.8) is 0 Å². The first-order chi connectivity index (χ1) is 6.50. The van der Waals surface area contributed by atoms with Crippen LogP contribution in [0, 0.1) is 0 Å². The van der Waals surface area contributed by atoms with Gasteiger partial charge in [0.15, 0.2) is 9.84 Å². The molecule has 0 aromatic rings. The first-order valence-electron chi connectivity index (χ1n) is 5.34. The molecule has 0 amide bonds. The highest BCUT2D eigenvalue weighted by Crippen LogP contribution is 2.19. The van der Waals surface area contributed by atoms with Crippen LogP contribution in [0.2, 0.25) is 0 Å². The molecule has 0 saturated heterocycles. The van der Waals surface area contributed by atoms with Gasteiger partial charge in [0.25, 0.3) is 0 Å². The molecule has 0 aliphatic rings. The molecule has 2 unspecified atom stereocenters. The molecule has 0 saturated carbocycles. The highest BCUT2D eigenvalue weighted by Gasteiger charge is 2.28. The summed E-state index contributed by atoms with van der Waals surface area (Å²) in [6.07, 6.45) is 4.65. The van der Waals surface area contributed by atoms with E-state index in [2.05, 4.69) is 6.58 Å². The number of allylic oxidation sites excluding steroid dienone is 1. The molecule has 0 heterocycles. The van der Waals surface area contributed by atoms with Crippen LogP contribution in [0.3, 0.4) is 0 Å². The van der Waals surface area contributed by atoms with Gasteiger partial charge in [-0.15, -0.1) is 6.58 Å². The van der Waals surface area contributed by atoms with E-state index in [0.717, 1.165) is 12.8 Å². The molecule has 0 N–H and O–H groups in total. The van der Waals surface area contributed by atoms with Crippen LogP contribution in [-0.4, -0.2) is 18.9 Å². The standard InChI is InChI=1S/C11H22O2S/c1-5-8-11(9-6-2)14(12,13)10(4)7-3/h5,10-11H,1,6-9H2,2-4H3. The van der Waals surface area contributed by atoms with Crippen LogP contribution in [0.5, 0.6) is 0 Å². The van der Waals surface area contributed by atoms with Gasteiger partial charge in [-0.25, -0.2) is 8.42 Å². The van der Waals surface area contributed by atoms with Crippen molar-refractivity contribution in [3.8, 4) is 0 Å². The zero-order valence-electron chi connectivity index (χ0n) is 9.49. The fourth-order valence-corrected chi connectivity index (χ4v) is 3.58. The van der Waals surface area contributed by atoms with Gasteiger partial charge < -0.3 is 0 Å². The Morgan fingerprint density at radius 2 is 1.93 bits per heavy atom. The molecule has 14 heavy (non-hydrogen) atoms. The van der Waals surface area contributed by atoms with Gasteiger partial charge >= 0.3 is 0 Å². The quantitative estimate of drug-likeness (QED) is 0.616. The van der Waals surface area contributed by atoms with Crippen LogP contribution >= 0.6 is 0 Å². The van der Waals surface area contributed by atoms with Crippen LogP contribution in [0.4, 0.5) is 0 Å². The van der Waals surface area contributed by atoms with Gasteiger partial charge in [-0.05, 0) is 26.2 Å². The first kappa shape index (κ1) is 13.7. The summed E-state index contributed by atoms with van der Waals surface area (Å²) in [5, 5.41) is -0.445. The maximum Gasteiger partial charge on any atom is 0.156 e. The molecule has 3 heteroatoms. The fraction of sp³-hybridized carbons (Fsp3) is 0.818. The minimum absolute atomic E-state index is 0.222. The Kier molecular flexibility index (Phi) is 6.09. The summed E-state index contributed by atoms with van der Waals surface area (Å²) in [6, 6.07) is 0. The summed E-state index contributed by atoms with van der Waals surface area (Å²) in [7, 11) is -2.95. The van der Waals surface area contributed by atoms with E-state index >= 15 is 0 Å². The fourth-order valence-electron chi connectivity index (χ4n) is 1.48. The molecule has 0 spiro atoms. The number of rotatable bonds is 7. The Bertz CT molecular complexity index is 254. The lowest BCUT2D eigenvalue weighted by atomic mass is 10.2. The van der Waals surface area contributed by atoms with Crippen molar-refractivity contribution in [2.24, 2.45) is 0 Å². The second-order valence-corrected chi connectivity index (χ2v) is 6.39. The topological polar surface area (TPSA) is 34.1 Å². The van der Waals surface area contributed by atoms with Crippen molar-refractivity contribution < 1.29 is 8.42 Å². The minimum atomic E-state index is -2.95. The Balaban J connectivity index is 4.70. The number of hydrogen-bond donors (Lipinski definition) is 0. The lowest BCUT2D eigenvalue weighted by molar-refractivity contribution is 0.554. The van der Waals surface area contributed by atoms with Crippen molar-refractivity contribution in [2.75, 3.05) is 0 Å². The van der Waals surface area contributed by atoms with Crippen molar-refractivity contribution in [1.82, 2.24) is 0 Å². The molecule has 0 aliphatic heterocycles. The van der Waals surface area contributed by atoms with Crippen molar-refractivity contribution >= 4 is 9.84 Å². The van der Waals surface area contributed by atoms with Crippen molar-refractivity contribution in [1.29, 1.82) is 0 Å². The largest absolute Gasteiger partial charge is 0.228 e. The lowest BCUT2D eigenvalue weighted by Crippen LogP contribution is -2.29. The van der Waals surface area contributed by atoms with Gasteiger partial charge in [0.05, 0.1) is 10.5 Å². The third-order valence-corrected chi connectivity index (χ3v) is 5.45. The molecule has 0 aromatic carbocycles. The van der Waals surface area contributed by atoms with Crippen LogP contribution in [-0.2, 0) is 9.84 Å². The van der Waals surface area contributed by atoms with Crippen LogP contribution < -0.4 is 0 Å². The Labute approximate surface area is 88.3 Å². The zero-order valence-corrected chi connectivity index (χ0v) is 10.3. The molecule has 0 aromatic heterocycles. The predicted molar refractivity (Wildman–Crippen MR) is 62.2 cm³/mol. The molecular weight excluding hydrogens is 196 g/mol. The third-order valence-electron chi connectivity index (χ3n) is 2.64. The molecule has 2 nitrogen and oxygen atoms in total. The average molecular weight is 218 g/mol. The Morgan fingerprint density at radius 3 is 2.29 bits per heavy atom. The van der Waals surface area contributed by atoms with E-state index in [1.165, 1.54) is 0 Å². The van der Waals surface area contributed by atoms with Gasteiger partial charge in [0, 0.05) is 0 Å². The van der Waals surface area contributed by atoms with Gasteiger partial charge in [0.2, 0.25) is 0 Å². The smallest absolute Gasteiger partial charge is 0.156 e. The van der Waals surface area contributed by atoms with Gasteiger partial charge in [-0.2, -0.15) is 0 Å². The SMILES string of the molecule is C=CCC(CCC)S(=O)(=O)C(C)CC. The molecule has 0 bridgehead atoms. The summed E-state index contributed by atoms with van der Waals surface area (Å²) in [5.41, 5.74) is 0. The maximum atomic E-state index is 12.0. The third kappa shape index (κ3) is 3.45. The van der Waals surface area contributed by atoms with Crippen LogP contribution in [0.25, 0.3) is 0 Å². The van der Waals surface area contributed by atoms with Gasteiger partial charge in [-0.3, -0.25) is 0 Å². The molecule has 0 aliphatic carbocycles. The summed E-state index contributed by atoms with van der Waals surface area (Å²) in [5.74, 6) is 0. The second-order valence-electron chi connectivity index (χ2n) is 3.74. The Hall–Kier alpha value is -0.310. The Morgan fingerprint density at radius 1 is 1.36 bits per heavy atom. The normalized spacial score (nSPS) is 16.2. The van der Waals surface area contributed by atoms with E-state index in [1.807, 2.05) is 13.8 Å². The summed E-state index contributed by atoms with van der Waals surface area (Å²) < 4.78 is 24.0. The van der Waals surface area contributed by atoms with Crippen molar-refractivity contribution in [3.05, 3.63) is 12.7 Å². The summed E-state index contributed by atoms with van der Waals surface area (Å²) in [4.78, 5) is 0. The highest BCUT2D eigenvalue weighted by atomic mass is 32.2. The summed E-state index contributed by atoms with van der Waals surface area (Å²) in [6.45, 7) is 9.34. The van der Waals surface area contributed by atoms with E-state index < -0.39 is 9.84 Å². The van der Waals surface area contributed by atoms with E-state index in [0.29, 0.717) is 12.8 Å². The van der Waals surface area contributed by atoms with Gasteiger partial charge in [0.1, 0.15) is 0 Å². The molecule has 0 fully saturated rings.